The monoisotopic (exact) mass is 323 g/mol. The molecule has 14 heavy (non-hydrogen) atoms. The largest absolute Gasteiger partial charge is 0.392 e. The van der Waals surface area contributed by atoms with E-state index in [-0.39, 0.29) is 11.5 Å². The van der Waals surface area contributed by atoms with Gasteiger partial charge in [-0.3, -0.25) is 0 Å². The van der Waals surface area contributed by atoms with Gasteiger partial charge in [0.2, 0.25) is 0 Å². The van der Waals surface area contributed by atoms with Gasteiger partial charge in [-0.05, 0) is 28.2 Å². The second kappa shape index (κ2) is 3.28. The number of aliphatic hydroxyl groups is 1. The van der Waals surface area contributed by atoms with Crippen molar-refractivity contribution in [3.8, 4) is 0 Å². The Morgan fingerprint density at radius 1 is 1.43 bits per heavy atom. The molecule has 0 bridgehead atoms. The Morgan fingerprint density at radius 2 is 2.14 bits per heavy atom. The molecule has 0 aliphatic carbocycles. The van der Waals surface area contributed by atoms with Gasteiger partial charge in [0, 0.05) is 5.56 Å². The van der Waals surface area contributed by atoms with Crippen molar-refractivity contribution in [2.24, 2.45) is 4.40 Å². The first-order valence-electron chi connectivity index (χ1n) is 3.80. The first-order valence-corrected chi connectivity index (χ1v) is 6.32. The second-order valence-corrected chi connectivity index (χ2v) is 5.37. The number of fused-ring (bicyclic) bond motifs is 1. The molecule has 0 amide bonds. The standard InChI is InChI=1S/C8H6INO3S/c9-8-6-3-1-2-5(4-11)7(6)14(12,13)10-8/h1-3,11H,4H2. The highest BCUT2D eigenvalue weighted by Gasteiger charge is 2.29. The summed E-state index contributed by atoms with van der Waals surface area (Å²) >= 11 is 1.87. The Morgan fingerprint density at radius 3 is 2.79 bits per heavy atom. The lowest BCUT2D eigenvalue weighted by Gasteiger charge is -2.02. The summed E-state index contributed by atoms with van der Waals surface area (Å²) in [4.78, 5) is 0.145. The minimum absolute atomic E-state index is 0.145. The number of halogens is 1. The molecule has 0 spiro atoms. The maximum absolute atomic E-state index is 11.5. The fraction of sp³-hybridized carbons (Fsp3) is 0.125. The highest BCUT2D eigenvalue weighted by molar-refractivity contribution is 14.1. The van der Waals surface area contributed by atoms with E-state index < -0.39 is 10.0 Å². The average Bonchev–Trinajstić information content (AvgIpc) is 2.38. The molecule has 0 unspecified atom stereocenters. The molecule has 0 saturated carbocycles. The Bertz CT molecular complexity index is 521. The van der Waals surface area contributed by atoms with Gasteiger partial charge in [-0.25, -0.2) is 0 Å². The molecule has 6 heteroatoms. The van der Waals surface area contributed by atoms with Crippen molar-refractivity contribution < 1.29 is 13.5 Å². The van der Waals surface area contributed by atoms with Crippen molar-refractivity contribution in [1.29, 1.82) is 0 Å². The molecule has 1 aliphatic rings. The van der Waals surface area contributed by atoms with Crippen LogP contribution in [0.5, 0.6) is 0 Å². The van der Waals surface area contributed by atoms with Gasteiger partial charge in [0.1, 0.15) is 8.61 Å². The summed E-state index contributed by atoms with van der Waals surface area (Å²) in [5, 5.41) is 9.00. The van der Waals surface area contributed by atoms with E-state index >= 15 is 0 Å². The minimum Gasteiger partial charge on any atom is -0.392 e. The number of sulfonamides is 1. The van der Waals surface area contributed by atoms with Crippen LogP contribution < -0.4 is 0 Å². The smallest absolute Gasteiger partial charge is 0.284 e. The predicted molar refractivity (Wildman–Crippen MR) is 60.1 cm³/mol. The Labute approximate surface area is 94.9 Å². The average molecular weight is 323 g/mol. The van der Waals surface area contributed by atoms with E-state index in [0.717, 1.165) is 0 Å². The second-order valence-electron chi connectivity index (χ2n) is 2.81. The summed E-state index contributed by atoms with van der Waals surface area (Å²) < 4.78 is 27.1. The molecule has 1 heterocycles. The number of benzene rings is 1. The van der Waals surface area contributed by atoms with Crippen LogP contribution in [0.3, 0.4) is 0 Å². The molecule has 4 nitrogen and oxygen atoms in total. The fourth-order valence-corrected chi connectivity index (χ4v) is 4.09. The normalized spacial score (nSPS) is 17.7. The molecule has 74 valence electrons. The summed E-state index contributed by atoms with van der Waals surface area (Å²) in [5.74, 6) is 0. The molecular weight excluding hydrogens is 317 g/mol. The molecule has 0 aromatic heterocycles. The molecule has 1 aliphatic heterocycles. The van der Waals surface area contributed by atoms with Gasteiger partial charge in [-0.2, -0.15) is 12.8 Å². The van der Waals surface area contributed by atoms with Gasteiger partial charge < -0.3 is 5.11 Å². The van der Waals surface area contributed by atoms with Crippen molar-refractivity contribution >= 4 is 36.3 Å². The van der Waals surface area contributed by atoms with E-state index in [9.17, 15) is 8.42 Å². The summed E-state index contributed by atoms with van der Waals surface area (Å²) in [7, 11) is -3.58. The van der Waals surface area contributed by atoms with Crippen LogP contribution >= 0.6 is 22.6 Å². The van der Waals surface area contributed by atoms with Crippen LogP contribution in [0.1, 0.15) is 11.1 Å². The first-order chi connectivity index (χ1) is 6.56. The van der Waals surface area contributed by atoms with E-state index in [2.05, 4.69) is 4.40 Å². The number of hydrogen-bond acceptors (Lipinski definition) is 3. The van der Waals surface area contributed by atoms with Gasteiger partial charge in [0.05, 0.1) is 6.61 Å². The number of aliphatic hydroxyl groups excluding tert-OH is 1. The Kier molecular flexibility index (Phi) is 2.36. The molecule has 1 N–H and O–H groups in total. The lowest BCUT2D eigenvalue weighted by Crippen LogP contribution is -2.00. The highest BCUT2D eigenvalue weighted by Crippen LogP contribution is 2.31. The lowest BCUT2D eigenvalue weighted by molar-refractivity contribution is 0.278. The molecule has 0 saturated heterocycles. The van der Waals surface area contributed by atoms with E-state index in [1.54, 1.807) is 18.2 Å². The number of hydrogen-bond donors (Lipinski definition) is 1. The van der Waals surface area contributed by atoms with Crippen molar-refractivity contribution in [3.63, 3.8) is 0 Å². The summed E-state index contributed by atoms with van der Waals surface area (Å²) in [6, 6.07) is 4.98. The third-order valence-corrected chi connectivity index (χ3v) is 4.52. The van der Waals surface area contributed by atoms with E-state index in [1.807, 2.05) is 22.6 Å². The molecule has 0 radical (unpaired) electrons. The number of rotatable bonds is 1. The van der Waals surface area contributed by atoms with Gasteiger partial charge in [0.15, 0.2) is 0 Å². The van der Waals surface area contributed by atoms with Crippen LogP contribution in [0.2, 0.25) is 0 Å². The molecule has 2 rings (SSSR count). The predicted octanol–water partition coefficient (Wildman–Crippen LogP) is 1.06. The van der Waals surface area contributed by atoms with Gasteiger partial charge >= 0.3 is 0 Å². The zero-order valence-corrected chi connectivity index (χ0v) is 9.91. The Balaban J connectivity index is 2.83. The maximum Gasteiger partial charge on any atom is 0.284 e. The third-order valence-electron chi connectivity index (χ3n) is 1.95. The fourth-order valence-electron chi connectivity index (χ4n) is 1.38. The zero-order valence-electron chi connectivity index (χ0n) is 6.94. The molecular formula is C8H6INO3S. The van der Waals surface area contributed by atoms with E-state index in [4.69, 9.17) is 5.11 Å². The minimum atomic E-state index is -3.58. The summed E-state index contributed by atoms with van der Waals surface area (Å²) in [6.45, 7) is -0.290. The van der Waals surface area contributed by atoms with Crippen LogP contribution in [-0.2, 0) is 16.6 Å². The zero-order chi connectivity index (χ0) is 10.3. The SMILES string of the molecule is O=S1(=O)N=C(I)c2cccc(CO)c21. The number of nitrogens with zero attached hydrogens (tertiary/aromatic N) is 1. The van der Waals surface area contributed by atoms with E-state index in [0.29, 0.717) is 14.8 Å². The topological polar surface area (TPSA) is 66.7 Å². The maximum atomic E-state index is 11.5. The van der Waals surface area contributed by atoms with Crippen LogP contribution in [0.15, 0.2) is 27.5 Å². The summed E-state index contributed by atoms with van der Waals surface area (Å²) in [6.07, 6.45) is 0. The van der Waals surface area contributed by atoms with Crippen molar-refractivity contribution in [2.75, 3.05) is 0 Å². The van der Waals surface area contributed by atoms with Gasteiger partial charge in [0.25, 0.3) is 10.0 Å². The lowest BCUT2D eigenvalue weighted by atomic mass is 10.1. The quantitative estimate of drug-likeness (QED) is 0.786. The van der Waals surface area contributed by atoms with Crippen LogP contribution in [0.25, 0.3) is 0 Å². The van der Waals surface area contributed by atoms with Gasteiger partial charge in [-0.15, -0.1) is 0 Å². The van der Waals surface area contributed by atoms with Crippen LogP contribution in [0, 0.1) is 0 Å². The molecule has 0 atom stereocenters. The Hall–Kier alpha value is -0.470. The third kappa shape index (κ3) is 1.37. The van der Waals surface area contributed by atoms with Crippen molar-refractivity contribution in [2.45, 2.75) is 11.5 Å². The highest BCUT2D eigenvalue weighted by atomic mass is 127. The molecule has 1 aromatic carbocycles. The molecule has 0 fully saturated rings. The van der Waals surface area contributed by atoms with Crippen molar-refractivity contribution in [1.82, 2.24) is 0 Å². The van der Waals surface area contributed by atoms with E-state index in [1.165, 1.54) is 0 Å². The van der Waals surface area contributed by atoms with Crippen LogP contribution in [-0.4, -0.2) is 17.2 Å². The van der Waals surface area contributed by atoms with Gasteiger partial charge in [-0.1, -0.05) is 18.2 Å². The summed E-state index contributed by atoms with van der Waals surface area (Å²) in [5.41, 5.74) is 0.982. The first kappa shape index (κ1) is 10.1. The molecule has 1 aromatic rings. The van der Waals surface area contributed by atoms with Crippen molar-refractivity contribution in [3.05, 3.63) is 29.3 Å². The van der Waals surface area contributed by atoms with Crippen LogP contribution in [0.4, 0.5) is 0 Å².